The number of rotatable bonds is 6. The summed E-state index contributed by atoms with van der Waals surface area (Å²) in [7, 11) is 1.81. The molecule has 1 amide bonds. The van der Waals surface area contributed by atoms with Crippen LogP contribution in [0.25, 0.3) is 0 Å². The second-order valence-electron chi connectivity index (χ2n) is 3.89. The summed E-state index contributed by atoms with van der Waals surface area (Å²) in [5.41, 5.74) is 0. The summed E-state index contributed by atoms with van der Waals surface area (Å²) in [6, 6.07) is 0.237. The molecule has 0 spiro atoms. The maximum absolute atomic E-state index is 12.1. The number of amides is 1. The van der Waals surface area contributed by atoms with Crippen molar-refractivity contribution in [1.29, 1.82) is 0 Å². The predicted molar refractivity (Wildman–Crippen MR) is 70.3 cm³/mol. The minimum atomic E-state index is -0.109. The van der Waals surface area contributed by atoms with Crippen LogP contribution in [0.2, 0.25) is 0 Å². The number of aryl methyl sites for hydroxylation is 1. The zero-order chi connectivity index (χ0) is 12.8. The molecular formula is C11H20N4OS. The minimum absolute atomic E-state index is 0.109. The van der Waals surface area contributed by atoms with Gasteiger partial charge >= 0.3 is 0 Å². The second-order valence-corrected chi connectivity index (χ2v) is 4.80. The fourth-order valence-corrected chi connectivity index (χ4v) is 2.41. The van der Waals surface area contributed by atoms with Crippen molar-refractivity contribution in [3.8, 4) is 0 Å². The fraction of sp³-hybridized carbons (Fsp3) is 0.727. The van der Waals surface area contributed by atoms with Crippen molar-refractivity contribution in [2.24, 2.45) is 0 Å². The van der Waals surface area contributed by atoms with Crippen molar-refractivity contribution >= 4 is 17.7 Å². The first-order valence-corrected chi connectivity index (χ1v) is 7.20. The number of hydrogen-bond donors (Lipinski definition) is 1. The first-order chi connectivity index (χ1) is 8.13. The molecule has 0 radical (unpaired) electrons. The summed E-state index contributed by atoms with van der Waals surface area (Å²) in [5.74, 6) is 1.84. The number of thioether (sulfide) groups is 1. The van der Waals surface area contributed by atoms with E-state index in [0.717, 1.165) is 24.4 Å². The lowest BCUT2D eigenvalue weighted by molar-refractivity contribution is 0.0731. The van der Waals surface area contributed by atoms with E-state index < -0.39 is 0 Å². The van der Waals surface area contributed by atoms with Crippen molar-refractivity contribution < 1.29 is 4.79 Å². The van der Waals surface area contributed by atoms with Gasteiger partial charge in [0.25, 0.3) is 5.91 Å². The predicted octanol–water partition coefficient (Wildman–Crippen LogP) is 1.58. The van der Waals surface area contributed by atoms with Gasteiger partial charge in [-0.15, -0.1) is 5.10 Å². The molecule has 1 rings (SSSR count). The molecule has 1 heterocycles. The highest BCUT2D eigenvalue weighted by Crippen LogP contribution is 2.10. The van der Waals surface area contributed by atoms with Crippen LogP contribution in [0.15, 0.2) is 0 Å². The summed E-state index contributed by atoms with van der Waals surface area (Å²) >= 11 is 1.74. The molecule has 6 heteroatoms. The van der Waals surface area contributed by atoms with Crippen molar-refractivity contribution in [1.82, 2.24) is 20.1 Å². The molecule has 1 aromatic rings. The summed E-state index contributed by atoms with van der Waals surface area (Å²) < 4.78 is 0. The van der Waals surface area contributed by atoms with Crippen LogP contribution in [0, 0.1) is 0 Å². The Balaban J connectivity index is 2.74. The number of nitrogens with zero attached hydrogens (tertiary/aromatic N) is 3. The van der Waals surface area contributed by atoms with Gasteiger partial charge in [-0.3, -0.25) is 9.89 Å². The smallest absolute Gasteiger partial charge is 0.293 e. The van der Waals surface area contributed by atoms with Gasteiger partial charge in [-0.05, 0) is 12.7 Å². The van der Waals surface area contributed by atoms with Crippen molar-refractivity contribution in [2.45, 2.75) is 32.7 Å². The van der Waals surface area contributed by atoms with Gasteiger partial charge in [0.05, 0.1) is 0 Å². The first-order valence-electron chi connectivity index (χ1n) is 5.81. The molecular weight excluding hydrogens is 236 g/mol. The Morgan fingerprint density at radius 1 is 1.53 bits per heavy atom. The van der Waals surface area contributed by atoms with E-state index in [-0.39, 0.29) is 17.8 Å². The topological polar surface area (TPSA) is 61.9 Å². The number of aromatic nitrogens is 3. The average Bonchev–Trinajstić information content (AvgIpc) is 2.82. The molecule has 17 heavy (non-hydrogen) atoms. The van der Waals surface area contributed by atoms with Gasteiger partial charge in [-0.1, -0.05) is 13.8 Å². The van der Waals surface area contributed by atoms with Gasteiger partial charge in [0.2, 0.25) is 5.82 Å². The minimum Gasteiger partial charge on any atom is -0.335 e. The lowest BCUT2D eigenvalue weighted by Gasteiger charge is -2.25. The van der Waals surface area contributed by atoms with Crippen LogP contribution in [0.3, 0.4) is 0 Å². The number of nitrogens with one attached hydrogen (secondary N) is 1. The molecule has 1 N–H and O–H groups in total. The number of carbonyl (C=O) groups excluding carboxylic acids is 1. The molecule has 96 valence electrons. The Morgan fingerprint density at radius 3 is 2.71 bits per heavy atom. The van der Waals surface area contributed by atoms with Crippen LogP contribution in [0.1, 0.15) is 36.7 Å². The Kier molecular flexibility index (Phi) is 5.47. The van der Waals surface area contributed by atoms with E-state index in [1.165, 1.54) is 0 Å². The molecule has 0 saturated heterocycles. The summed E-state index contributed by atoms with van der Waals surface area (Å²) in [6.45, 7) is 4.06. The van der Waals surface area contributed by atoms with Crippen LogP contribution in [-0.4, -0.2) is 51.1 Å². The van der Waals surface area contributed by atoms with Gasteiger partial charge in [0.15, 0.2) is 0 Å². The molecule has 0 saturated carbocycles. The summed E-state index contributed by atoms with van der Waals surface area (Å²) in [5, 5.41) is 6.72. The van der Waals surface area contributed by atoms with Gasteiger partial charge in [0.1, 0.15) is 5.82 Å². The zero-order valence-electron chi connectivity index (χ0n) is 10.9. The maximum atomic E-state index is 12.1. The SMILES string of the molecule is CCc1nc(C(=O)N(C)C(CC)CSC)n[nH]1. The van der Waals surface area contributed by atoms with Gasteiger partial charge in [0, 0.05) is 25.3 Å². The first kappa shape index (κ1) is 14.0. The van der Waals surface area contributed by atoms with E-state index in [2.05, 4.69) is 22.1 Å². The van der Waals surface area contributed by atoms with Gasteiger partial charge in [-0.2, -0.15) is 11.8 Å². The molecule has 0 aromatic carbocycles. The normalized spacial score (nSPS) is 12.5. The summed E-state index contributed by atoms with van der Waals surface area (Å²) in [6.07, 6.45) is 3.74. The van der Waals surface area contributed by atoms with Crippen LogP contribution >= 0.6 is 11.8 Å². The number of hydrogen-bond acceptors (Lipinski definition) is 4. The standard InChI is InChI=1S/C11H20N4OS/c1-5-8(7-17-4)15(3)11(16)10-12-9(6-2)13-14-10/h8H,5-7H2,1-4H3,(H,12,13,14). The molecule has 1 atom stereocenters. The Bertz CT molecular complexity index is 366. The number of carbonyl (C=O) groups is 1. The molecule has 1 unspecified atom stereocenters. The quantitative estimate of drug-likeness (QED) is 0.839. The van der Waals surface area contributed by atoms with Crippen LogP contribution in [-0.2, 0) is 6.42 Å². The van der Waals surface area contributed by atoms with E-state index in [9.17, 15) is 4.79 Å². The Hall–Kier alpha value is -1.04. The van der Waals surface area contributed by atoms with Crippen LogP contribution in [0.5, 0.6) is 0 Å². The zero-order valence-corrected chi connectivity index (χ0v) is 11.7. The molecule has 5 nitrogen and oxygen atoms in total. The molecule has 0 fully saturated rings. The third kappa shape index (κ3) is 3.46. The van der Waals surface area contributed by atoms with Gasteiger partial charge < -0.3 is 4.90 Å². The third-order valence-corrected chi connectivity index (χ3v) is 3.47. The highest BCUT2D eigenvalue weighted by atomic mass is 32.2. The Morgan fingerprint density at radius 2 is 2.24 bits per heavy atom. The Labute approximate surface area is 106 Å². The maximum Gasteiger partial charge on any atom is 0.293 e. The van der Waals surface area contributed by atoms with E-state index in [4.69, 9.17) is 0 Å². The van der Waals surface area contributed by atoms with E-state index in [1.54, 1.807) is 16.7 Å². The van der Waals surface area contributed by atoms with E-state index in [0.29, 0.717) is 0 Å². The summed E-state index contributed by atoms with van der Waals surface area (Å²) in [4.78, 5) is 18.0. The highest BCUT2D eigenvalue weighted by molar-refractivity contribution is 7.98. The largest absolute Gasteiger partial charge is 0.335 e. The van der Waals surface area contributed by atoms with E-state index >= 15 is 0 Å². The lowest BCUT2D eigenvalue weighted by atomic mass is 10.2. The van der Waals surface area contributed by atoms with Crippen LogP contribution < -0.4 is 0 Å². The van der Waals surface area contributed by atoms with Crippen molar-refractivity contribution in [3.05, 3.63) is 11.6 Å². The van der Waals surface area contributed by atoms with Gasteiger partial charge in [-0.25, -0.2) is 4.98 Å². The monoisotopic (exact) mass is 256 g/mol. The molecule has 1 aromatic heterocycles. The highest BCUT2D eigenvalue weighted by Gasteiger charge is 2.22. The third-order valence-electron chi connectivity index (χ3n) is 2.76. The second kappa shape index (κ2) is 6.64. The van der Waals surface area contributed by atoms with E-state index in [1.807, 2.05) is 20.2 Å². The molecule has 0 bridgehead atoms. The number of aromatic amines is 1. The molecule has 0 aliphatic rings. The number of H-pyrrole nitrogens is 1. The van der Waals surface area contributed by atoms with Crippen molar-refractivity contribution in [3.63, 3.8) is 0 Å². The average molecular weight is 256 g/mol. The lowest BCUT2D eigenvalue weighted by Crippen LogP contribution is -2.38. The fourth-order valence-electron chi connectivity index (χ4n) is 1.57. The van der Waals surface area contributed by atoms with Crippen molar-refractivity contribution in [2.75, 3.05) is 19.1 Å². The van der Waals surface area contributed by atoms with Crippen LogP contribution in [0.4, 0.5) is 0 Å². The molecule has 0 aliphatic carbocycles. The molecule has 0 aliphatic heterocycles.